The number of primary amides is 1. The fourth-order valence-electron chi connectivity index (χ4n) is 2.40. The molecule has 1 atom stereocenters. The Balaban J connectivity index is 2.06. The summed E-state index contributed by atoms with van der Waals surface area (Å²) in [5, 5.41) is 3.07. The van der Waals surface area contributed by atoms with Crippen LogP contribution >= 0.6 is 0 Å². The van der Waals surface area contributed by atoms with Crippen molar-refractivity contribution in [3.05, 3.63) is 0 Å². The van der Waals surface area contributed by atoms with Crippen LogP contribution in [0.2, 0.25) is 0 Å². The molecule has 0 aromatic heterocycles. The second-order valence-electron chi connectivity index (χ2n) is 4.88. The zero-order chi connectivity index (χ0) is 12.5. The van der Waals surface area contributed by atoms with Crippen molar-refractivity contribution in [1.29, 1.82) is 0 Å². The van der Waals surface area contributed by atoms with Crippen LogP contribution in [-0.2, 0) is 9.53 Å². The number of ether oxygens (including phenoxy) is 1. The summed E-state index contributed by atoms with van der Waals surface area (Å²) in [5.41, 5.74) is 5.29. The first kappa shape index (κ1) is 14.5. The standard InChI is InChI=1S/C13H26N2O2/c1-2-15-12(13(14)16)8-9-17-10-11-6-4-3-5-7-11/h11-12,15H,2-10H2,1H3,(H2,14,16). The summed E-state index contributed by atoms with van der Waals surface area (Å²) in [5.74, 6) is 0.447. The number of likely N-dealkylation sites (N-methyl/N-ethyl adjacent to an activating group) is 1. The molecule has 1 aliphatic carbocycles. The van der Waals surface area contributed by atoms with Gasteiger partial charge in [-0.15, -0.1) is 0 Å². The lowest BCUT2D eigenvalue weighted by Crippen LogP contribution is -2.42. The number of carbonyl (C=O) groups is 1. The van der Waals surface area contributed by atoms with Crippen molar-refractivity contribution in [2.45, 2.75) is 51.5 Å². The molecule has 0 heterocycles. The second-order valence-corrected chi connectivity index (χ2v) is 4.88. The molecule has 1 unspecified atom stereocenters. The monoisotopic (exact) mass is 242 g/mol. The smallest absolute Gasteiger partial charge is 0.234 e. The zero-order valence-electron chi connectivity index (χ0n) is 10.9. The van der Waals surface area contributed by atoms with Gasteiger partial charge in [-0.25, -0.2) is 0 Å². The Bertz CT molecular complexity index is 215. The maximum absolute atomic E-state index is 11.1. The summed E-state index contributed by atoms with van der Waals surface area (Å²) in [7, 11) is 0. The molecule has 0 spiro atoms. The van der Waals surface area contributed by atoms with E-state index >= 15 is 0 Å². The molecule has 1 fully saturated rings. The van der Waals surface area contributed by atoms with Gasteiger partial charge in [0.05, 0.1) is 6.04 Å². The minimum Gasteiger partial charge on any atom is -0.381 e. The SMILES string of the molecule is CCNC(CCOCC1CCCCC1)C(N)=O. The van der Waals surface area contributed by atoms with Gasteiger partial charge in [-0.2, -0.15) is 0 Å². The highest BCUT2D eigenvalue weighted by Gasteiger charge is 2.15. The third-order valence-electron chi connectivity index (χ3n) is 3.42. The van der Waals surface area contributed by atoms with E-state index < -0.39 is 0 Å². The van der Waals surface area contributed by atoms with Crippen LogP contribution in [0.4, 0.5) is 0 Å². The molecule has 0 saturated heterocycles. The fraction of sp³-hybridized carbons (Fsp3) is 0.923. The summed E-state index contributed by atoms with van der Waals surface area (Å²) < 4.78 is 5.65. The number of hydrogen-bond acceptors (Lipinski definition) is 3. The Hall–Kier alpha value is -0.610. The summed E-state index contributed by atoms with van der Waals surface area (Å²) in [6.07, 6.45) is 7.33. The van der Waals surface area contributed by atoms with Gasteiger partial charge in [-0.1, -0.05) is 26.2 Å². The molecule has 1 aliphatic rings. The van der Waals surface area contributed by atoms with E-state index in [-0.39, 0.29) is 11.9 Å². The largest absolute Gasteiger partial charge is 0.381 e. The first-order valence-electron chi connectivity index (χ1n) is 6.84. The van der Waals surface area contributed by atoms with Crippen LogP contribution in [-0.4, -0.2) is 31.7 Å². The molecule has 1 amide bonds. The minimum absolute atomic E-state index is 0.244. The lowest BCUT2D eigenvalue weighted by Gasteiger charge is -2.21. The van der Waals surface area contributed by atoms with E-state index in [0.29, 0.717) is 13.0 Å². The Morgan fingerprint density at radius 3 is 2.71 bits per heavy atom. The third-order valence-corrected chi connectivity index (χ3v) is 3.42. The van der Waals surface area contributed by atoms with Gasteiger partial charge < -0.3 is 15.8 Å². The normalized spacial score (nSPS) is 19.1. The van der Waals surface area contributed by atoms with Crippen LogP contribution in [0.15, 0.2) is 0 Å². The number of nitrogens with two attached hydrogens (primary N) is 1. The Kier molecular flexibility index (Phi) is 7.21. The van der Waals surface area contributed by atoms with Gasteiger partial charge in [0.15, 0.2) is 0 Å². The Morgan fingerprint density at radius 2 is 2.12 bits per heavy atom. The molecule has 100 valence electrons. The highest BCUT2D eigenvalue weighted by molar-refractivity contribution is 5.79. The lowest BCUT2D eigenvalue weighted by molar-refractivity contribution is -0.120. The number of nitrogens with one attached hydrogen (secondary N) is 1. The quantitative estimate of drug-likeness (QED) is 0.633. The molecule has 4 nitrogen and oxygen atoms in total. The number of carbonyl (C=O) groups excluding carboxylic acids is 1. The highest BCUT2D eigenvalue weighted by Crippen LogP contribution is 2.23. The molecular weight excluding hydrogens is 216 g/mol. The molecule has 0 aromatic carbocycles. The number of rotatable bonds is 8. The average Bonchev–Trinajstić information content (AvgIpc) is 2.34. The van der Waals surface area contributed by atoms with E-state index in [9.17, 15) is 4.79 Å². The number of amides is 1. The van der Waals surface area contributed by atoms with Crippen LogP contribution < -0.4 is 11.1 Å². The van der Waals surface area contributed by atoms with Crippen LogP contribution in [0.25, 0.3) is 0 Å². The summed E-state index contributed by atoms with van der Waals surface area (Å²) in [6, 6.07) is -0.244. The molecule has 0 bridgehead atoms. The molecule has 3 N–H and O–H groups in total. The third kappa shape index (κ3) is 6.03. The molecule has 1 saturated carbocycles. The highest BCUT2D eigenvalue weighted by atomic mass is 16.5. The van der Waals surface area contributed by atoms with Crippen molar-refractivity contribution in [2.75, 3.05) is 19.8 Å². The van der Waals surface area contributed by atoms with Gasteiger partial charge in [0, 0.05) is 13.2 Å². The van der Waals surface area contributed by atoms with E-state index in [4.69, 9.17) is 10.5 Å². The molecule has 0 aromatic rings. The topological polar surface area (TPSA) is 64.3 Å². The van der Waals surface area contributed by atoms with Gasteiger partial charge in [0.25, 0.3) is 0 Å². The van der Waals surface area contributed by atoms with E-state index in [1.165, 1.54) is 32.1 Å². The number of hydrogen-bond donors (Lipinski definition) is 2. The predicted molar refractivity (Wildman–Crippen MR) is 68.7 cm³/mol. The van der Waals surface area contributed by atoms with Crippen LogP contribution in [0, 0.1) is 5.92 Å². The van der Waals surface area contributed by atoms with Crippen molar-refractivity contribution in [2.24, 2.45) is 11.7 Å². The van der Waals surface area contributed by atoms with Crippen molar-refractivity contribution in [1.82, 2.24) is 5.32 Å². The van der Waals surface area contributed by atoms with Crippen LogP contribution in [0.5, 0.6) is 0 Å². The first-order valence-corrected chi connectivity index (χ1v) is 6.84. The average molecular weight is 242 g/mol. The maximum Gasteiger partial charge on any atom is 0.234 e. The fourth-order valence-corrected chi connectivity index (χ4v) is 2.40. The van der Waals surface area contributed by atoms with Crippen LogP contribution in [0.3, 0.4) is 0 Å². The van der Waals surface area contributed by atoms with Crippen molar-refractivity contribution in [3.8, 4) is 0 Å². The maximum atomic E-state index is 11.1. The van der Waals surface area contributed by atoms with E-state index in [2.05, 4.69) is 5.32 Å². The van der Waals surface area contributed by atoms with E-state index in [1.54, 1.807) is 0 Å². The first-order chi connectivity index (χ1) is 8.24. The molecule has 0 radical (unpaired) electrons. The molecule has 1 rings (SSSR count). The van der Waals surface area contributed by atoms with Crippen molar-refractivity contribution >= 4 is 5.91 Å². The van der Waals surface area contributed by atoms with Gasteiger partial charge in [-0.05, 0) is 31.7 Å². The van der Waals surface area contributed by atoms with Crippen molar-refractivity contribution < 1.29 is 9.53 Å². The Labute approximate surface area is 104 Å². The van der Waals surface area contributed by atoms with E-state index in [0.717, 1.165) is 19.1 Å². The predicted octanol–water partition coefficient (Wildman–Crippen LogP) is 1.44. The molecular formula is C13H26N2O2. The summed E-state index contributed by atoms with van der Waals surface area (Å²) in [4.78, 5) is 11.1. The molecule has 17 heavy (non-hydrogen) atoms. The zero-order valence-corrected chi connectivity index (χ0v) is 10.9. The Morgan fingerprint density at radius 1 is 1.41 bits per heavy atom. The second kappa shape index (κ2) is 8.48. The molecule has 4 heteroatoms. The van der Waals surface area contributed by atoms with Crippen molar-refractivity contribution in [3.63, 3.8) is 0 Å². The lowest BCUT2D eigenvalue weighted by atomic mass is 9.90. The van der Waals surface area contributed by atoms with E-state index in [1.807, 2.05) is 6.92 Å². The summed E-state index contributed by atoms with van der Waals surface area (Å²) in [6.45, 7) is 4.20. The van der Waals surface area contributed by atoms with Gasteiger partial charge in [0.1, 0.15) is 0 Å². The van der Waals surface area contributed by atoms with Crippen LogP contribution in [0.1, 0.15) is 45.4 Å². The molecule has 0 aliphatic heterocycles. The summed E-state index contributed by atoms with van der Waals surface area (Å²) >= 11 is 0. The van der Waals surface area contributed by atoms with Gasteiger partial charge in [-0.3, -0.25) is 4.79 Å². The minimum atomic E-state index is -0.284. The van der Waals surface area contributed by atoms with Gasteiger partial charge >= 0.3 is 0 Å². The van der Waals surface area contributed by atoms with Gasteiger partial charge in [0.2, 0.25) is 5.91 Å².